The van der Waals surface area contributed by atoms with E-state index in [1.54, 1.807) is 12.3 Å². The molecule has 0 bridgehead atoms. The van der Waals surface area contributed by atoms with Crippen molar-refractivity contribution in [2.75, 3.05) is 5.32 Å². The Hall–Kier alpha value is -2.86. The third kappa shape index (κ3) is 2.45. The van der Waals surface area contributed by atoms with Crippen molar-refractivity contribution in [3.8, 4) is 6.07 Å². The fraction of sp³-hybridized carbons (Fsp3) is 0.0588. The molecule has 20 heavy (non-hydrogen) atoms. The highest BCUT2D eigenvalue weighted by atomic mass is 14.9. The molecule has 0 aliphatic heterocycles. The van der Waals surface area contributed by atoms with E-state index in [0.29, 0.717) is 5.69 Å². The largest absolute Gasteiger partial charge is 0.381 e. The van der Waals surface area contributed by atoms with Crippen LogP contribution in [0.3, 0.4) is 0 Å². The summed E-state index contributed by atoms with van der Waals surface area (Å²) in [6, 6.07) is 20.3. The molecule has 3 nitrogen and oxygen atoms in total. The lowest BCUT2D eigenvalue weighted by atomic mass is 10.0. The zero-order valence-electron chi connectivity index (χ0n) is 10.9. The van der Waals surface area contributed by atoms with E-state index >= 15 is 0 Å². The summed E-state index contributed by atoms with van der Waals surface area (Å²) in [4.78, 5) is 3.96. The predicted molar refractivity (Wildman–Crippen MR) is 80.2 cm³/mol. The standard InChI is InChI=1S/C17H13N3/c18-11-16-10-15(8-9-19-16)20-12-14-6-3-5-13-4-1-2-7-17(13)14/h1-10H,12H2,(H,19,20). The molecule has 3 rings (SSSR count). The third-order valence-electron chi connectivity index (χ3n) is 3.24. The van der Waals surface area contributed by atoms with Gasteiger partial charge in [0.1, 0.15) is 11.8 Å². The van der Waals surface area contributed by atoms with Gasteiger partial charge in [-0.2, -0.15) is 5.26 Å². The molecule has 0 amide bonds. The first kappa shape index (κ1) is 12.2. The molecule has 96 valence electrons. The van der Waals surface area contributed by atoms with Crippen molar-refractivity contribution in [3.63, 3.8) is 0 Å². The topological polar surface area (TPSA) is 48.7 Å². The first-order chi connectivity index (χ1) is 9.86. The summed E-state index contributed by atoms with van der Waals surface area (Å²) in [6.07, 6.45) is 1.64. The maximum Gasteiger partial charge on any atom is 0.142 e. The molecule has 3 aromatic rings. The molecule has 0 aliphatic rings. The molecule has 1 aromatic heterocycles. The first-order valence-corrected chi connectivity index (χ1v) is 6.43. The molecule has 0 saturated heterocycles. The van der Waals surface area contributed by atoms with E-state index in [1.807, 2.05) is 24.3 Å². The van der Waals surface area contributed by atoms with Crippen LogP contribution in [-0.4, -0.2) is 4.98 Å². The summed E-state index contributed by atoms with van der Waals surface area (Å²) in [5.74, 6) is 0. The molecule has 0 spiro atoms. The Morgan fingerprint density at radius 1 is 1.05 bits per heavy atom. The quantitative estimate of drug-likeness (QED) is 0.779. The zero-order valence-corrected chi connectivity index (χ0v) is 10.9. The van der Waals surface area contributed by atoms with Crippen LogP contribution < -0.4 is 5.32 Å². The van der Waals surface area contributed by atoms with Gasteiger partial charge in [0, 0.05) is 18.4 Å². The predicted octanol–water partition coefficient (Wildman–Crippen LogP) is 3.72. The van der Waals surface area contributed by atoms with Gasteiger partial charge in [-0.3, -0.25) is 0 Å². The van der Waals surface area contributed by atoms with Crippen LogP contribution in [0.25, 0.3) is 10.8 Å². The van der Waals surface area contributed by atoms with Crippen LogP contribution in [0, 0.1) is 11.3 Å². The van der Waals surface area contributed by atoms with Crippen LogP contribution in [-0.2, 0) is 6.54 Å². The van der Waals surface area contributed by atoms with Crippen LogP contribution in [0.1, 0.15) is 11.3 Å². The highest BCUT2D eigenvalue weighted by molar-refractivity contribution is 5.85. The SMILES string of the molecule is N#Cc1cc(NCc2cccc3ccccc23)ccn1. The number of hydrogen-bond donors (Lipinski definition) is 1. The number of nitrogens with zero attached hydrogens (tertiary/aromatic N) is 2. The van der Waals surface area contributed by atoms with Gasteiger partial charge in [0.15, 0.2) is 0 Å². The van der Waals surface area contributed by atoms with Crippen molar-refractivity contribution in [1.82, 2.24) is 4.98 Å². The van der Waals surface area contributed by atoms with E-state index in [1.165, 1.54) is 16.3 Å². The third-order valence-corrected chi connectivity index (χ3v) is 3.24. The number of fused-ring (bicyclic) bond motifs is 1. The van der Waals surface area contributed by atoms with Gasteiger partial charge in [-0.25, -0.2) is 4.98 Å². The van der Waals surface area contributed by atoms with Crippen molar-refractivity contribution >= 4 is 16.5 Å². The van der Waals surface area contributed by atoms with Gasteiger partial charge in [-0.1, -0.05) is 42.5 Å². The molecule has 0 aliphatic carbocycles. The van der Waals surface area contributed by atoms with Gasteiger partial charge in [0.05, 0.1) is 0 Å². The second-order valence-corrected chi connectivity index (χ2v) is 4.53. The normalized spacial score (nSPS) is 10.2. The summed E-state index contributed by atoms with van der Waals surface area (Å²) in [5, 5.41) is 14.7. The average Bonchev–Trinajstić information content (AvgIpc) is 2.53. The number of anilines is 1. The monoisotopic (exact) mass is 259 g/mol. The van der Waals surface area contributed by atoms with E-state index < -0.39 is 0 Å². The van der Waals surface area contributed by atoms with Crippen molar-refractivity contribution in [3.05, 3.63) is 72.1 Å². The van der Waals surface area contributed by atoms with Crippen LogP contribution in [0.4, 0.5) is 5.69 Å². The Morgan fingerprint density at radius 3 is 2.80 bits per heavy atom. The van der Waals surface area contributed by atoms with Gasteiger partial charge in [0.2, 0.25) is 0 Å². The summed E-state index contributed by atoms with van der Waals surface area (Å²) in [7, 11) is 0. The lowest BCUT2D eigenvalue weighted by Crippen LogP contribution is -2.00. The summed E-state index contributed by atoms with van der Waals surface area (Å²) < 4.78 is 0. The second-order valence-electron chi connectivity index (χ2n) is 4.53. The van der Waals surface area contributed by atoms with Crippen molar-refractivity contribution < 1.29 is 0 Å². The Bertz CT molecular complexity index is 782. The Balaban J connectivity index is 1.85. The lowest BCUT2D eigenvalue weighted by Gasteiger charge is -2.09. The molecule has 1 N–H and O–H groups in total. The van der Waals surface area contributed by atoms with Crippen LogP contribution in [0.15, 0.2) is 60.8 Å². The number of rotatable bonds is 3. The fourth-order valence-electron chi connectivity index (χ4n) is 2.25. The van der Waals surface area contributed by atoms with Gasteiger partial charge < -0.3 is 5.32 Å². The van der Waals surface area contributed by atoms with Crippen molar-refractivity contribution in [1.29, 1.82) is 5.26 Å². The molecule has 3 heteroatoms. The number of aromatic nitrogens is 1. The minimum atomic E-state index is 0.424. The van der Waals surface area contributed by atoms with Gasteiger partial charge in [-0.05, 0) is 28.5 Å². The fourth-order valence-corrected chi connectivity index (χ4v) is 2.25. The number of benzene rings is 2. The molecule has 0 atom stereocenters. The Kier molecular flexibility index (Phi) is 3.30. The van der Waals surface area contributed by atoms with Crippen LogP contribution in [0.5, 0.6) is 0 Å². The molecule has 0 saturated carbocycles. The van der Waals surface area contributed by atoms with Crippen LogP contribution >= 0.6 is 0 Å². The zero-order chi connectivity index (χ0) is 13.8. The van der Waals surface area contributed by atoms with E-state index in [-0.39, 0.29) is 0 Å². The highest BCUT2D eigenvalue weighted by Crippen LogP contribution is 2.19. The second kappa shape index (κ2) is 5.41. The summed E-state index contributed by atoms with van der Waals surface area (Å²) in [6.45, 7) is 0.718. The van der Waals surface area contributed by atoms with Gasteiger partial charge in [-0.15, -0.1) is 0 Å². The number of nitrogens with one attached hydrogen (secondary N) is 1. The Labute approximate surface area is 117 Å². The van der Waals surface area contributed by atoms with Crippen LogP contribution in [0.2, 0.25) is 0 Å². The maximum atomic E-state index is 8.85. The lowest BCUT2D eigenvalue weighted by molar-refractivity contribution is 1.15. The first-order valence-electron chi connectivity index (χ1n) is 6.43. The van der Waals surface area contributed by atoms with E-state index in [4.69, 9.17) is 5.26 Å². The molecular formula is C17H13N3. The summed E-state index contributed by atoms with van der Waals surface area (Å²) in [5.41, 5.74) is 2.57. The van der Waals surface area contributed by atoms with Gasteiger partial charge >= 0.3 is 0 Å². The molecule has 0 unspecified atom stereocenters. The number of hydrogen-bond acceptors (Lipinski definition) is 3. The number of pyridine rings is 1. The molecule has 2 aromatic carbocycles. The van der Waals surface area contributed by atoms with Crippen molar-refractivity contribution in [2.45, 2.75) is 6.54 Å². The molecule has 0 radical (unpaired) electrons. The smallest absolute Gasteiger partial charge is 0.142 e. The molecule has 0 fully saturated rings. The molecule has 1 heterocycles. The average molecular weight is 259 g/mol. The van der Waals surface area contributed by atoms with Gasteiger partial charge in [0.25, 0.3) is 0 Å². The van der Waals surface area contributed by atoms with E-state index in [0.717, 1.165) is 12.2 Å². The van der Waals surface area contributed by atoms with E-state index in [2.05, 4.69) is 40.6 Å². The summed E-state index contributed by atoms with van der Waals surface area (Å²) >= 11 is 0. The minimum Gasteiger partial charge on any atom is -0.381 e. The Morgan fingerprint density at radius 2 is 1.90 bits per heavy atom. The minimum absolute atomic E-state index is 0.424. The number of nitriles is 1. The highest BCUT2D eigenvalue weighted by Gasteiger charge is 2.01. The molecular weight excluding hydrogens is 246 g/mol. The van der Waals surface area contributed by atoms with E-state index in [9.17, 15) is 0 Å². The van der Waals surface area contributed by atoms with Crippen molar-refractivity contribution in [2.24, 2.45) is 0 Å². The maximum absolute atomic E-state index is 8.85.